The molecule has 3 N–H and O–H groups in total. The average molecular weight is 181 g/mol. The van der Waals surface area contributed by atoms with Gasteiger partial charge in [-0.3, -0.25) is 0 Å². The second kappa shape index (κ2) is 4.62. The van der Waals surface area contributed by atoms with E-state index in [0.717, 1.165) is 5.56 Å². The van der Waals surface area contributed by atoms with Gasteiger partial charge in [0.2, 0.25) is 0 Å². The van der Waals surface area contributed by atoms with Crippen molar-refractivity contribution in [3.63, 3.8) is 0 Å². The summed E-state index contributed by atoms with van der Waals surface area (Å²) in [5.41, 5.74) is 6.67. The van der Waals surface area contributed by atoms with Gasteiger partial charge in [-0.2, -0.15) is 0 Å². The molecule has 0 radical (unpaired) electrons. The summed E-state index contributed by atoms with van der Waals surface area (Å²) in [7, 11) is 0. The number of hydrogen-bond acceptors (Lipinski definition) is 2. The molecule has 0 aliphatic carbocycles. The fourth-order valence-electron chi connectivity index (χ4n) is 1.08. The van der Waals surface area contributed by atoms with Crippen LogP contribution in [0.3, 0.4) is 0 Å². The van der Waals surface area contributed by atoms with Crippen molar-refractivity contribution in [2.75, 3.05) is 6.54 Å². The van der Waals surface area contributed by atoms with Gasteiger partial charge in [-0.05, 0) is 29.7 Å². The molecule has 1 aromatic carbocycles. The number of nitrogens with two attached hydrogens (primary N) is 1. The summed E-state index contributed by atoms with van der Waals surface area (Å²) in [6.07, 6.45) is 0.964. The molecule has 0 aliphatic rings. The van der Waals surface area contributed by atoms with Gasteiger partial charge in [0.1, 0.15) is 5.75 Å². The molecule has 0 aliphatic heterocycles. The van der Waals surface area contributed by atoms with Crippen LogP contribution in [-0.4, -0.2) is 11.7 Å². The molecule has 0 atom stereocenters. The normalized spacial score (nSPS) is 11.7. The summed E-state index contributed by atoms with van der Waals surface area (Å²) in [4.78, 5) is 0. The Morgan fingerprint density at radius 1 is 1.54 bits per heavy atom. The van der Waals surface area contributed by atoms with Gasteiger partial charge in [0.05, 0.1) is 6.33 Å². The van der Waals surface area contributed by atoms with Crippen molar-refractivity contribution in [2.24, 2.45) is 5.73 Å². The van der Waals surface area contributed by atoms with Crippen molar-refractivity contribution >= 4 is 0 Å². The van der Waals surface area contributed by atoms with Gasteiger partial charge < -0.3 is 10.8 Å². The maximum atomic E-state index is 12.1. The summed E-state index contributed by atoms with van der Waals surface area (Å²) >= 11 is 0. The van der Waals surface area contributed by atoms with Crippen molar-refractivity contribution in [1.29, 1.82) is 0 Å². The number of halogens is 1. The Bertz CT molecular complexity index is 310. The summed E-state index contributed by atoms with van der Waals surface area (Å²) in [5, 5.41) is 9.13. The largest absolute Gasteiger partial charge is 0.508 e. The number of rotatable bonds is 3. The van der Waals surface area contributed by atoms with Crippen molar-refractivity contribution in [1.82, 2.24) is 0 Å². The van der Waals surface area contributed by atoms with E-state index in [1.54, 1.807) is 18.2 Å². The maximum Gasteiger partial charge on any atom is 0.115 e. The van der Waals surface area contributed by atoms with E-state index in [4.69, 9.17) is 10.8 Å². The lowest BCUT2D eigenvalue weighted by Crippen LogP contribution is -2.05. The topological polar surface area (TPSA) is 46.2 Å². The first kappa shape index (κ1) is 9.74. The summed E-state index contributed by atoms with van der Waals surface area (Å²) in [6.45, 7) is 0.201. The standard InChI is InChI=1S/C10H12FNO/c11-6-9(7-12)4-8-2-1-3-10(13)5-8/h1-3,5-6,13H,4,7,12H2/b9-6+. The Morgan fingerprint density at radius 2 is 2.31 bits per heavy atom. The minimum atomic E-state index is 0.188. The van der Waals surface area contributed by atoms with Crippen molar-refractivity contribution in [3.05, 3.63) is 41.7 Å². The quantitative estimate of drug-likeness (QED) is 0.746. The first-order valence-electron chi connectivity index (χ1n) is 4.02. The van der Waals surface area contributed by atoms with Gasteiger partial charge in [-0.15, -0.1) is 0 Å². The molecule has 1 rings (SSSR count). The molecule has 0 aromatic heterocycles. The molecular weight excluding hydrogens is 169 g/mol. The van der Waals surface area contributed by atoms with E-state index in [9.17, 15) is 4.39 Å². The van der Waals surface area contributed by atoms with Gasteiger partial charge >= 0.3 is 0 Å². The number of hydrogen-bond donors (Lipinski definition) is 2. The molecule has 1 aromatic rings. The SMILES string of the molecule is NC/C(=C/F)Cc1cccc(O)c1. The molecule has 0 bridgehead atoms. The third-order valence-corrected chi connectivity index (χ3v) is 1.76. The van der Waals surface area contributed by atoms with Crippen LogP contribution in [0.15, 0.2) is 36.2 Å². The fourth-order valence-corrected chi connectivity index (χ4v) is 1.08. The lowest BCUT2D eigenvalue weighted by atomic mass is 10.1. The van der Waals surface area contributed by atoms with Crippen LogP contribution in [0, 0.1) is 0 Å². The van der Waals surface area contributed by atoms with Crippen molar-refractivity contribution in [2.45, 2.75) is 6.42 Å². The lowest BCUT2D eigenvalue weighted by molar-refractivity contribution is 0.474. The van der Waals surface area contributed by atoms with E-state index in [2.05, 4.69) is 0 Å². The zero-order valence-corrected chi connectivity index (χ0v) is 7.20. The molecule has 0 fully saturated rings. The monoisotopic (exact) mass is 181 g/mol. The Morgan fingerprint density at radius 3 is 2.85 bits per heavy atom. The lowest BCUT2D eigenvalue weighted by Gasteiger charge is -2.02. The van der Waals surface area contributed by atoms with Gasteiger partial charge in [0, 0.05) is 6.54 Å². The highest BCUT2D eigenvalue weighted by Crippen LogP contribution is 2.14. The number of phenolic OH excluding ortho intramolecular Hbond substituents is 1. The third-order valence-electron chi connectivity index (χ3n) is 1.76. The summed E-state index contributed by atoms with van der Waals surface area (Å²) < 4.78 is 12.1. The molecule has 0 saturated carbocycles. The minimum absolute atomic E-state index is 0.188. The number of phenols is 1. The molecule has 13 heavy (non-hydrogen) atoms. The van der Waals surface area contributed by atoms with Crippen LogP contribution < -0.4 is 5.73 Å². The highest BCUT2D eigenvalue weighted by Gasteiger charge is 1.98. The van der Waals surface area contributed by atoms with Crippen LogP contribution in [0.2, 0.25) is 0 Å². The van der Waals surface area contributed by atoms with Crippen LogP contribution in [0.25, 0.3) is 0 Å². The van der Waals surface area contributed by atoms with Crippen LogP contribution in [0.5, 0.6) is 5.75 Å². The number of aromatic hydroxyl groups is 1. The average Bonchev–Trinajstić information content (AvgIpc) is 2.14. The van der Waals surface area contributed by atoms with E-state index in [0.29, 0.717) is 18.3 Å². The molecule has 70 valence electrons. The Kier molecular flexibility index (Phi) is 3.46. The summed E-state index contributed by atoms with van der Waals surface area (Å²) in [6, 6.07) is 6.71. The van der Waals surface area contributed by atoms with E-state index < -0.39 is 0 Å². The Hall–Kier alpha value is -1.35. The Balaban J connectivity index is 2.74. The first-order valence-corrected chi connectivity index (χ1v) is 4.02. The van der Waals surface area contributed by atoms with E-state index >= 15 is 0 Å². The Labute approximate surface area is 76.5 Å². The molecule has 3 heteroatoms. The van der Waals surface area contributed by atoms with Crippen LogP contribution in [0.1, 0.15) is 5.56 Å². The molecule has 0 saturated heterocycles. The van der Waals surface area contributed by atoms with Crippen molar-refractivity contribution in [3.8, 4) is 5.75 Å². The zero-order chi connectivity index (χ0) is 9.68. The van der Waals surface area contributed by atoms with Gasteiger partial charge in [-0.1, -0.05) is 12.1 Å². The second-order valence-electron chi connectivity index (χ2n) is 2.82. The number of benzene rings is 1. The predicted octanol–water partition coefficient (Wildman–Crippen LogP) is 1.75. The molecule has 0 unspecified atom stereocenters. The highest BCUT2D eigenvalue weighted by molar-refractivity contribution is 5.30. The molecule has 2 nitrogen and oxygen atoms in total. The van der Waals surface area contributed by atoms with Gasteiger partial charge in [0.15, 0.2) is 0 Å². The maximum absolute atomic E-state index is 12.1. The second-order valence-corrected chi connectivity index (χ2v) is 2.82. The summed E-state index contributed by atoms with van der Waals surface area (Å²) in [5.74, 6) is 0.188. The highest BCUT2D eigenvalue weighted by atomic mass is 19.1. The zero-order valence-electron chi connectivity index (χ0n) is 7.20. The fraction of sp³-hybridized carbons (Fsp3) is 0.200. The van der Waals surface area contributed by atoms with E-state index in [-0.39, 0.29) is 12.3 Å². The molecule has 0 amide bonds. The van der Waals surface area contributed by atoms with Crippen LogP contribution in [0.4, 0.5) is 4.39 Å². The molecule has 0 heterocycles. The van der Waals surface area contributed by atoms with Crippen molar-refractivity contribution < 1.29 is 9.50 Å². The van der Waals surface area contributed by atoms with Gasteiger partial charge in [0.25, 0.3) is 0 Å². The molecule has 0 spiro atoms. The van der Waals surface area contributed by atoms with E-state index in [1.807, 2.05) is 6.07 Å². The van der Waals surface area contributed by atoms with Crippen LogP contribution >= 0.6 is 0 Å². The minimum Gasteiger partial charge on any atom is -0.508 e. The van der Waals surface area contributed by atoms with Gasteiger partial charge in [-0.25, -0.2) is 4.39 Å². The first-order chi connectivity index (χ1) is 6.26. The predicted molar refractivity (Wildman–Crippen MR) is 50.1 cm³/mol. The third kappa shape index (κ3) is 2.87. The van der Waals surface area contributed by atoms with Crippen LogP contribution in [-0.2, 0) is 6.42 Å². The smallest absolute Gasteiger partial charge is 0.115 e. The molecular formula is C10H12FNO. The van der Waals surface area contributed by atoms with E-state index in [1.165, 1.54) is 0 Å².